The van der Waals surface area contributed by atoms with E-state index in [1.807, 2.05) is 0 Å². The molecule has 1 heterocycles. The number of rotatable bonds is 0. The summed E-state index contributed by atoms with van der Waals surface area (Å²) in [7, 11) is 0. The molecule has 0 spiro atoms. The van der Waals surface area contributed by atoms with Gasteiger partial charge in [0.25, 0.3) is 0 Å². The first kappa shape index (κ1) is 6.13. The molecule has 1 aliphatic carbocycles. The molecule has 0 saturated carbocycles. The first-order valence-corrected chi connectivity index (χ1v) is 3.78. The van der Waals surface area contributed by atoms with Gasteiger partial charge < -0.3 is 10.6 Å². The van der Waals surface area contributed by atoms with E-state index in [-0.39, 0.29) is 0 Å². The van der Waals surface area contributed by atoms with Crippen LogP contribution in [-0.2, 0) is 0 Å². The van der Waals surface area contributed by atoms with Gasteiger partial charge >= 0.3 is 0 Å². The number of hydrogen-bond acceptors (Lipinski definition) is 2. The highest BCUT2D eigenvalue weighted by molar-refractivity contribution is 5.21. The Kier molecular flexibility index (Phi) is 1.57. The van der Waals surface area contributed by atoms with Crippen LogP contribution in [-0.4, -0.2) is 25.2 Å². The first-order chi connectivity index (χ1) is 4.97. The van der Waals surface area contributed by atoms with E-state index in [0.29, 0.717) is 12.1 Å². The number of piperazine rings is 1. The van der Waals surface area contributed by atoms with E-state index in [4.69, 9.17) is 0 Å². The number of allylic oxidation sites excluding steroid dienone is 2. The molecule has 2 unspecified atom stereocenters. The summed E-state index contributed by atoms with van der Waals surface area (Å²) in [6, 6.07) is 1.05. The summed E-state index contributed by atoms with van der Waals surface area (Å²) < 4.78 is 0. The summed E-state index contributed by atoms with van der Waals surface area (Å²) >= 11 is 0. The molecule has 10 heavy (non-hydrogen) atoms. The topological polar surface area (TPSA) is 24.1 Å². The minimum absolute atomic E-state index is 0.527. The highest BCUT2D eigenvalue weighted by Crippen LogP contribution is 2.06. The van der Waals surface area contributed by atoms with Gasteiger partial charge in [0.1, 0.15) is 0 Å². The van der Waals surface area contributed by atoms with Crippen LogP contribution in [0.4, 0.5) is 0 Å². The molecule has 0 aromatic heterocycles. The second kappa shape index (κ2) is 2.56. The maximum absolute atomic E-state index is 3.42. The van der Waals surface area contributed by atoms with Crippen LogP contribution < -0.4 is 10.6 Å². The Bertz CT molecular complexity index is 152. The third-order valence-corrected chi connectivity index (χ3v) is 2.02. The van der Waals surface area contributed by atoms with Crippen LogP contribution in [0, 0.1) is 0 Å². The zero-order valence-corrected chi connectivity index (χ0v) is 5.88. The second-order valence-electron chi connectivity index (χ2n) is 2.73. The average molecular weight is 136 g/mol. The van der Waals surface area contributed by atoms with E-state index in [9.17, 15) is 0 Å². The van der Waals surface area contributed by atoms with E-state index in [0.717, 1.165) is 13.1 Å². The van der Waals surface area contributed by atoms with Gasteiger partial charge in [0.15, 0.2) is 0 Å². The Labute approximate surface area is 61.0 Å². The normalized spacial score (nSPS) is 37.6. The van der Waals surface area contributed by atoms with E-state index in [1.54, 1.807) is 0 Å². The van der Waals surface area contributed by atoms with E-state index in [2.05, 4.69) is 34.9 Å². The zero-order valence-electron chi connectivity index (χ0n) is 5.88. The monoisotopic (exact) mass is 136 g/mol. The lowest BCUT2D eigenvalue weighted by molar-refractivity contribution is 0.407. The Morgan fingerprint density at radius 2 is 1.40 bits per heavy atom. The summed E-state index contributed by atoms with van der Waals surface area (Å²) in [6.07, 6.45) is 8.61. The molecule has 2 nitrogen and oxygen atoms in total. The van der Waals surface area contributed by atoms with Crippen molar-refractivity contribution in [2.45, 2.75) is 12.1 Å². The minimum atomic E-state index is 0.527. The first-order valence-electron chi connectivity index (χ1n) is 3.78. The average Bonchev–Trinajstić information content (AvgIpc) is 2.05. The van der Waals surface area contributed by atoms with Crippen molar-refractivity contribution >= 4 is 0 Å². The van der Waals surface area contributed by atoms with E-state index < -0.39 is 0 Å². The van der Waals surface area contributed by atoms with Gasteiger partial charge in [-0.25, -0.2) is 0 Å². The fraction of sp³-hybridized carbons (Fsp3) is 0.500. The minimum Gasteiger partial charge on any atom is -0.308 e. The lowest BCUT2D eigenvalue weighted by atomic mass is 10.0. The number of hydrogen-bond donors (Lipinski definition) is 2. The van der Waals surface area contributed by atoms with Crippen molar-refractivity contribution in [2.75, 3.05) is 13.1 Å². The maximum atomic E-state index is 3.42. The Morgan fingerprint density at radius 1 is 0.900 bits per heavy atom. The smallest absolute Gasteiger partial charge is 0.0445 e. The molecule has 1 aliphatic heterocycles. The lowest BCUT2D eigenvalue weighted by Crippen LogP contribution is -2.54. The highest BCUT2D eigenvalue weighted by Gasteiger charge is 2.19. The SMILES string of the molecule is C1=CC2NCCNC2C=C1. The second-order valence-corrected chi connectivity index (χ2v) is 2.73. The summed E-state index contributed by atoms with van der Waals surface area (Å²) in [5.74, 6) is 0. The van der Waals surface area contributed by atoms with Gasteiger partial charge in [-0.3, -0.25) is 0 Å². The van der Waals surface area contributed by atoms with Gasteiger partial charge in [0, 0.05) is 25.2 Å². The van der Waals surface area contributed by atoms with Crippen LogP contribution in [0.5, 0.6) is 0 Å². The molecule has 1 saturated heterocycles. The molecule has 2 aliphatic rings. The Balaban J connectivity index is 2.09. The third-order valence-electron chi connectivity index (χ3n) is 2.02. The van der Waals surface area contributed by atoms with Crippen LogP contribution in [0.3, 0.4) is 0 Å². The van der Waals surface area contributed by atoms with Gasteiger partial charge in [-0.2, -0.15) is 0 Å². The van der Waals surface area contributed by atoms with Crippen LogP contribution in [0.2, 0.25) is 0 Å². The van der Waals surface area contributed by atoms with Crippen LogP contribution in [0.1, 0.15) is 0 Å². The highest BCUT2D eigenvalue weighted by atomic mass is 15.1. The third kappa shape index (κ3) is 1.00. The van der Waals surface area contributed by atoms with Gasteiger partial charge in [-0.15, -0.1) is 0 Å². The van der Waals surface area contributed by atoms with Crippen LogP contribution in [0.25, 0.3) is 0 Å². The van der Waals surface area contributed by atoms with Crippen molar-refractivity contribution in [3.8, 4) is 0 Å². The Hall–Kier alpha value is -0.600. The number of nitrogens with one attached hydrogen (secondary N) is 2. The Morgan fingerprint density at radius 3 is 1.90 bits per heavy atom. The summed E-state index contributed by atoms with van der Waals surface area (Å²) in [5, 5.41) is 6.84. The molecule has 0 aromatic carbocycles. The lowest BCUT2D eigenvalue weighted by Gasteiger charge is -2.31. The predicted octanol–water partition coefficient (Wildman–Crippen LogP) is 0.0424. The van der Waals surface area contributed by atoms with Crippen molar-refractivity contribution in [3.63, 3.8) is 0 Å². The molecule has 54 valence electrons. The fourth-order valence-corrected chi connectivity index (χ4v) is 1.47. The zero-order chi connectivity index (χ0) is 6.81. The van der Waals surface area contributed by atoms with Gasteiger partial charge in [-0.05, 0) is 0 Å². The van der Waals surface area contributed by atoms with Crippen molar-refractivity contribution in [1.82, 2.24) is 10.6 Å². The fourth-order valence-electron chi connectivity index (χ4n) is 1.47. The maximum Gasteiger partial charge on any atom is 0.0445 e. The molecule has 2 rings (SSSR count). The molecule has 0 aromatic rings. The van der Waals surface area contributed by atoms with Gasteiger partial charge in [0.2, 0.25) is 0 Å². The molecule has 1 fully saturated rings. The summed E-state index contributed by atoms with van der Waals surface area (Å²) in [5.41, 5.74) is 0. The standard InChI is InChI=1S/C8H12N2/c1-2-4-8-7(3-1)9-5-6-10-8/h1-4,7-10H,5-6H2. The molecule has 0 bridgehead atoms. The molecule has 0 amide bonds. The van der Waals surface area contributed by atoms with E-state index >= 15 is 0 Å². The van der Waals surface area contributed by atoms with Crippen LogP contribution in [0.15, 0.2) is 24.3 Å². The summed E-state index contributed by atoms with van der Waals surface area (Å²) in [6.45, 7) is 2.17. The van der Waals surface area contributed by atoms with Gasteiger partial charge in [0.05, 0.1) is 0 Å². The van der Waals surface area contributed by atoms with Gasteiger partial charge in [-0.1, -0.05) is 24.3 Å². The largest absolute Gasteiger partial charge is 0.308 e. The molecule has 0 radical (unpaired) electrons. The quantitative estimate of drug-likeness (QED) is 0.491. The van der Waals surface area contributed by atoms with Crippen molar-refractivity contribution < 1.29 is 0 Å². The molecule has 2 N–H and O–H groups in total. The van der Waals surface area contributed by atoms with Crippen molar-refractivity contribution in [1.29, 1.82) is 0 Å². The number of fused-ring (bicyclic) bond motifs is 1. The predicted molar refractivity (Wildman–Crippen MR) is 41.9 cm³/mol. The van der Waals surface area contributed by atoms with Crippen molar-refractivity contribution in [2.24, 2.45) is 0 Å². The molecular weight excluding hydrogens is 124 g/mol. The molecule has 2 atom stereocenters. The molecule has 2 heteroatoms. The molecular formula is C8H12N2. The van der Waals surface area contributed by atoms with Crippen molar-refractivity contribution in [3.05, 3.63) is 24.3 Å². The summed E-state index contributed by atoms with van der Waals surface area (Å²) in [4.78, 5) is 0. The van der Waals surface area contributed by atoms with E-state index in [1.165, 1.54) is 0 Å². The van der Waals surface area contributed by atoms with Crippen LogP contribution >= 0.6 is 0 Å².